The Kier molecular flexibility index (Phi) is 2.56. The molecule has 2 aliphatic heterocycles. The molecule has 0 aliphatic carbocycles. The van der Waals surface area contributed by atoms with E-state index >= 15 is 0 Å². The van der Waals surface area contributed by atoms with Crippen LogP contribution in [0.25, 0.3) is 0 Å². The Labute approximate surface area is 94.8 Å². The summed E-state index contributed by atoms with van der Waals surface area (Å²) >= 11 is 0. The van der Waals surface area contributed by atoms with Crippen LogP contribution in [-0.4, -0.2) is 19.8 Å². The molecule has 0 saturated carbocycles. The maximum atomic E-state index is 13.6. The minimum atomic E-state index is -0.124. The van der Waals surface area contributed by atoms with Gasteiger partial charge < -0.3 is 10.1 Å². The molecule has 1 aromatic rings. The number of hydrogen-bond acceptors (Lipinski definition) is 2. The Morgan fingerprint density at radius 2 is 2.25 bits per heavy atom. The Bertz CT molecular complexity index is 388. The largest absolute Gasteiger partial charge is 0.382 e. The van der Waals surface area contributed by atoms with Crippen molar-refractivity contribution in [2.24, 2.45) is 5.92 Å². The van der Waals surface area contributed by atoms with Crippen molar-refractivity contribution in [1.82, 2.24) is 0 Å². The van der Waals surface area contributed by atoms with E-state index in [0.29, 0.717) is 17.5 Å². The lowest BCUT2D eigenvalue weighted by Crippen LogP contribution is -2.23. The molecule has 3 heteroatoms. The van der Waals surface area contributed by atoms with Gasteiger partial charge in [0.1, 0.15) is 5.82 Å². The number of hydrogen-bond donors (Lipinski definition) is 1. The monoisotopic (exact) mass is 221 g/mol. The van der Waals surface area contributed by atoms with E-state index in [1.807, 2.05) is 12.1 Å². The van der Waals surface area contributed by atoms with E-state index in [2.05, 4.69) is 5.32 Å². The van der Waals surface area contributed by atoms with Crippen molar-refractivity contribution in [3.05, 3.63) is 29.6 Å². The smallest absolute Gasteiger partial charge is 0.146 e. The first kappa shape index (κ1) is 10.1. The summed E-state index contributed by atoms with van der Waals surface area (Å²) in [4.78, 5) is 0. The molecule has 2 aliphatic rings. The van der Waals surface area contributed by atoms with Gasteiger partial charge in [0.15, 0.2) is 0 Å². The predicted molar refractivity (Wildman–Crippen MR) is 61.2 cm³/mol. The van der Waals surface area contributed by atoms with Crippen LogP contribution in [0, 0.1) is 11.7 Å². The van der Waals surface area contributed by atoms with Gasteiger partial charge in [-0.15, -0.1) is 0 Å². The molecule has 0 amide bonds. The molecule has 2 atom stereocenters. The molecule has 1 saturated heterocycles. The van der Waals surface area contributed by atoms with Crippen molar-refractivity contribution in [3.8, 4) is 0 Å². The Morgan fingerprint density at radius 3 is 3.06 bits per heavy atom. The van der Waals surface area contributed by atoms with Gasteiger partial charge in [0.25, 0.3) is 0 Å². The van der Waals surface area contributed by atoms with Gasteiger partial charge in [-0.05, 0) is 36.3 Å². The van der Waals surface area contributed by atoms with Gasteiger partial charge in [0.2, 0.25) is 0 Å². The highest BCUT2D eigenvalue weighted by molar-refractivity contribution is 5.56. The number of ether oxygens (including phenoxy) is 1. The number of para-hydroxylation sites is 1. The first-order valence-electron chi connectivity index (χ1n) is 5.96. The SMILES string of the molecule is Fc1cccc2c1NCCC2C1CCOC1. The molecule has 2 unspecified atom stereocenters. The number of halogens is 1. The molecule has 1 aromatic carbocycles. The maximum Gasteiger partial charge on any atom is 0.146 e. The van der Waals surface area contributed by atoms with E-state index in [1.54, 1.807) is 0 Å². The van der Waals surface area contributed by atoms with Crippen LogP contribution >= 0.6 is 0 Å². The van der Waals surface area contributed by atoms with Crippen LogP contribution in [0.2, 0.25) is 0 Å². The van der Waals surface area contributed by atoms with Gasteiger partial charge in [-0.1, -0.05) is 12.1 Å². The summed E-state index contributed by atoms with van der Waals surface area (Å²) in [7, 11) is 0. The highest BCUT2D eigenvalue weighted by Crippen LogP contribution is 2.40. The second-order valence-corrected chi connectivity index (χ2v) is 4.65. The van der Waals surface area contributed by atoms with Crippen LogP contribution < -0.4 is 5.32 Å². The molecule has 1 fully saturated rings. The van der Waals surface area contributed by atoms with E-state index < -0.39 is 0 Å². The third-order valence-electron chi connectivity index (χ3n) is 3.74. The minimum absolute atomic E-state index is 0.124. The molecule has 0 aromatic heterocycles. The van der Waals surface area contributed by atoms with E-state index in [4.69, 9.17) is 4.74 Å². The van der Waals surface area contributed by atoms with E-state index in [1.165, 1.54) is 6.07 Å². The summed E-state index contributed by atoms with van der Waals surface area (Å²) in [5.41, 5.74) is 1.85. The lowest BCUT2D eigenvalue weighted by molar-refractivity contribution is 0.179. The van der Waals surface area contributed by atoms with Gasteiger partial charge in [-0.2, -0.15) is 0 Å². The average Bonchev–Trinajstić information content (AvgIpc) is 2.82. The Balaban J connectivity index is 1.96. The summed E-state index contributed by atoms with van der Waals surface area (Å²) in [6.45, 7) is 2.56. The van der Waals surface area contributed by atoms with Crippen LogP contribution in [0.4, 0.5) is 10.1 Å². The molecule has 1 N–H and O–H groups in total. The van der Waals surface area contributed by atoms with Gasteiger partial charge in [0, 0.05) is 13.2 Å². The molecule has 0 radical (unpaired) electrons. The first-order chi connectivity index (χ1) is 7.86. The van der Waals surface area contributed by atoms with Crippen LogP contribution in [0.1, 0.15) is 24.3 Å². The summed E-state index contributed by atoms with van der Waals surface area (Å²) in [6.07, 6.45) is 2.20. The standard InChI is InChI=1S/C13H16FNO/c14-12-3-1-2-11-10(4-6-15-13(11)12)9-5-7-16-8-9/h1-3,9-10,15H,4-8H2. The van der Waals surface area contributed by atoms with E-state index in [-0.39, 0.29) is 5.82 Å². The van der Waals surface area contributed by atoms with Crippen LogP contribution in [0.5, 0.6) is 0 Å². The van der Waals surface area contributed by atoms with Crippen molar-refractivity contribution >= 4 is 5.69 Å². The van der Waals surface area contributed by atoms with Crippen LogP contribution in [0.15, 0.2) is 18.2 Å². The summed E-state index contributed by atoms with van der Waals surface area (Å²) in [5, 5.41) is 3.17. The molecule has 0 spiro atoms. The van der Waals surface area contributed by atoms with Crippen molar-refractivity contribution in [1.29, 1.82) is 0 Å². The van der Waals surface area contributed by atoms with E-state index in [0.717, 1.165) is 38.2 Å². The van der Waals surface area contributed by atoms with Crippen molar-refractivity contribution in [2.75, 3.05) is 25.1 Å². The van der Waals surface area contributed by atoms with E-state index in [9.17, 15) is 4.39 Å². The van der Waals surface area contributed by atoms with Crippen molar-refractivity contribution < 1.29 is 9.13 Å². The zero-order valence-electron chi connectivity index (χ0n) is 9.21. The molecule has 16 heavy (non-hydrogen) atoms. The lowest BCUT2D eigenvalue weighted by atomic mass is 9.80. The van der Waals surface area contributed by atoms with Crippen LogP contribution in [0.3, 0.4) is 0 Å². The molecule has 3 rings (SSSR count). The first-order valence-corrected chi connectivity index (χ1v) is 5.96. The lowest BCUT2D eigenvalue weighted by Gasteiger charge is -2.30. The summed E-state index contributed by atoms with van der Waals surface area (Å²) in [5.74, 6) is 0.915. The highest BCUT2D eigenvalue weighted by atomic mass is 19.1. The van der Waals surface area contributed by atoms with Crippen LogP contribution in [-0.2, 0) is 4.74 Å². The molecular formula is C13H16FNO. The molecular weight excluding hydrogens is 205 g/mol. The molecule has 2 heterocycles. The highest BCUT2D eigenvalue weighted by Gasteiger charge is 2.31. The van der Waals surface area contributed by atoms with Crippen molar-refractivity contribution in [2.45, 2.75) is 18.8 Å². The molecule has 2 nitrogen and oxygen atoms in total. The van der Waals surface area contributed by atoms with Gasteiger partial charge in [-0.25, -0.2) is 4.39 Å². The fraction of sp³-hybridized carbons (Fsp3) is 0.538. The van der Waals surface area contributed by atoms with Gasteiger partial charge >= 0.3 is 0 Å². The third kappa shape index (κ3) is 1.59. The fourth-order valence-electron chi connectivity index (χ4n) is 2.90. The predicted octanol–water partition coefficient (Wildman–Crippen LogP) is 2.76. The molecule has 0 bridgehead atoms. The summed E-state index contributed by atoms with van der Waals surface area (Å²) < 4.78 is 19.1. The zero-order valence-corrected chi connectivity index (χ0v) is 9.21. The average molecular weight is 221 g/mol. The number of fused-ring (bicyclic) bond motifs is 1. The quantitative estimate of drug-likeness (QED) is 0.787. The normalized spacial score (nSPS) is 28.6. The van der Waals surface area contributed by atoms with Crippen molar-refractivity contribution in [3.63, 3.8) is 0 Å². The zero-order chi connectivity index (χ0) is 11.0. The maximum absolute atomic E-state index is 13.6. The second kappa shape index (κ2) is 4.06. The fourth-order valence-corrected chi connectivity index (χ4v) is 2.90. The second-order valence-electron chi connectivity index (χ2n) is 4.65. The minimum Gasteiger partial charge on any atom is -0.382 e. The Hall–Kier alpha value is -1.09. The topological polar surface area (TPSA) is 21.3 Å². The third-order valence-corrected chi connectivity index (χ3v) is 3.74. The number of benzene rings is 1. The molecule has 86 valence electrons. The number of rotatable bonds is 1. The number of nitrogens with one attached hydrogen (secondary N) is 1. The number of anilines is 1. The van der Waals surface area contributed by atoms with Gasteiger partial charge in [0.05, 0.1) is 12.3 Å². The Morgan fingerprint density at radius 1 is 1.31 bits per heavy atom. The summed E-state index contributed by atoms with van der Waals surface area (Å²) in [6, 6.07) is 5.39. The van der Waals surface area contributed by atoms with Gasteiger partial charge in [-0.3, -0.25) is 0 Å².